The number of nitrogens with zero attached hydrogens (tertiary/aromatic N) is 1. The Balaban J connectivity index is 2.06. The molecule has 0 unspecified atom stereocenters. The van der Waals surface area contributed by atoms with Gasteiger partial charge in [0.25, 0.3) is 0 Å². The van der Waals surface area contributed by atoms with E-state index in [2.05, 4.69) is 5.32 Å². The first-order chi connectivity index (χ1) is 14.3. The third kappa shape index (κ3) is 8.23. The first kappa shape index (κ1) is 22.8. The van der Waals surface area contributed by atoms with Gasteiger partial charge in [-0.05, 0) is 44.0 Å². The molecule has 0 aliphatic heterocycles. The molecule has 0 spiro atoms. The Hall–Kier alpha value is -3.53. The highest BCUT2D eigenvalue weighted by atomic mass is 16.6. The van der Waals surface area contributed by atoms with Gasteiger partial charge in [0.1, 0.15) is 30.1 Å². The summed E-state index contributed by atoms with van der Waals surface area (Å²) in [7, 11) is 0. The first-order valence-electron chi connectivity index (χ1n) is 9.55. The van der Waals surface area contributed by atoms with Crippen LogP contribution in [0.25, 0.3) is 0 Å². The highest BCUT2D eigenvalue weighted by molar-refractivity contribution is 5.81. The molecule has 7 nitrogen and oxygen atoms in total. The molecule has 2 aromatic rings. The Bertz CT molecular complexity index is 867. The number of ether oxygens (including phenoxy) is 3. The zero-order chi connectivity index (χ0) is 22.0. The van der Waals surface area contributed by atoms with E-state index in [4.69, 9.17) is 19.5 Å². The third-order valence-corrected chi connectivity index (χ3v) is 3.87. The number of carbonyl (C=O) groups is 2. The number of alkyl carbamates (subject to hydrolysis) is 1. The van der Waals surface area contributed by atoms with Crippen molar-refractivity contribution in [1.82, 2.24) is 5.32 Å². The summed E-state index contributed by atoms with van der Waals surface area (Å²) >= 11 is 0. The maximum absolute atomic E-state index is 12.7. The molecule has 0 aliphatic rings. The summed E-state index contributed by atoms with van der Waals surface area (Å²) in [5.41, 5.74) is 0.945. The summed E-state index contributed by atoms with van der Waals surface area (Å²) in [6.07, 6.45) is -0.482. The highest BCUT2D eigenvalue weighted by Crippen LogP contribution is 2.15. The Labute approximate surface area is 176 Å². The number of amides is 1. The van der Waals surface area contributed by atoms with Gasteiger partial charge in [0.15, 0.2) is 6.61 Å². The van der Waals surface area contributed by atoms with Crippen molar-refractivity contribution >= 4 is 12.1 Å². The molecular formula is C23H26N2O5. The summed E-state index contributed by atoms with van der Waals surface area (Å²) in [5, 5.41) is 11.2. The molecule has 7 heteroatoms. The lowest BCUT2D eigenvalue weighted by Gasteiger charge is -2.23. The van der Waals surface area contributed by atoms with E-state index in [1.807, 2.05) is 36.4 Å². The van der Waals surface area contributed by atoms with Crippen molar-refractivity contribution in [2.24, 2.45) is 0 Å². The van der Waals surface area contributed by atoms with Gasteiger partial charge >= 0.3 is 12.1 Å². The van der Waals surface area contributed by atoms with E-state index < -0.39 is 23.7 Å². The number of carbonyl (C=O) groups excluding carboxylic acids is 2. The van der Waals surface area contributed by atoms with Crippen molar-refractivity contribution in [2.45, 2.75) is 45.4 Å². The van der Waals surface area contributed by atoms with Crippen molar-refractivity contribution < 1.29 is 23.8 Å². The second-order valence-corrected chi connectivity index (χ2v) is 7.59. The molecule has 1 N–H and O–H groups in total. The Morgan fingerprint density at radius 2 is 1.70 bits per heavy atom. The molecule has 0 aromatic heterocycles. The molecule has 0 radical (unpaired) electrons. The van der Waals surface area contributed by atoms with Crippen LogP contribution in [0.5, 0.6) is 5.75 Å². The lowest BCUT2D eigenvalue weighted by Crippen LogP contribution is -2.45. The first-order valence-corrected chi connectivity index (χ1v) is 9.55. The number of rotatable bonds is 8. The van der Waals surface area contributed by atoms with E-state index in [1.54, 1.807) is 45.0 Å². The average molecular weight is 410 g/mol. The number of nitrogens with one attached hydrogen (secondary N) is 1. The molecule has 0 heterocycles. The van der Waals surface area contributed by atoms with Crippen molar-refractivity contribution in [1.29, 1.82) is 5.26 Å². The van der Waals surface area contributed by atoms with Gasteiger partial charge in [-0.3, -0.25) is 0 Å². The number of benzene rings is 2. The Morgan fingerprint density at radius 3 is 2.30 bits per heavy atom. The third-order valence-electron chi connectivity index (χ3n) is 3.87. The van der Waals surface area contributed by atoms with Gasteiger partial charge in [0, 0.05) is 6.42 Å². The molecule has 2 rings (SSSR count). The van der Waals surface area contributed by atoms with Crippen LogP contribution in [0.2, 0.25) is 0 Å². The van der Waals surface area contributed by atoms with Crippen LogP contribution in [0.1, 0.15) is 31.9 Å². The molecule has 0 fully saturated rings. The van der Waals surface area contributed by atoms with Crippen LogP contribution in [-0.4, -0.2) is 30.3 Å². The van der Waals surface area contributed by atoms with E-state index in [0.717, 1.165) is 11.1 Å². The van der Waals surface area contributed by atoms with Crippen LogP contribution < -0.4 is 10.1 Å². The monoisotopic (exact) mass is 410 g/mol. The normalized spacial score (nSPS) is 11.7. The topological polar surface area (TPSA) is 97.6 Å². The number of hydrogen-bond donors (Lipinski definition) is 1. The second-order valence-electron chi connectivity index (χ2n) is 7.59. The van der Waals surface area contributed by atoms with Crippen LogP contribution in [0.3, 0.4) is 0 Å². The molecular weight excluding hydrogens is 384 g/mol. The minimum absolute atomic E-state index is 0.0476. The summed E-state index contributed by atoms with van der Waals surface area (Å²) in [5.74, 6) is -0.0156. The van der Waals surface area contributed by atoms with Crippen LogP contribution >= 0.6 is 0 Å². The molecule has 0 saturated heterocycles. The average Bonchev–Trinajstić information content (AvgIpc) is 2.70. The van der Waals surface area contributed by atoms with Gasteiger partial charge in [0.05, 0.1) is 0 Å². The van der Waals surface area contributed by atoms with Crippen LogP contribution in [0, 0.1) is 11.3 Å². The fourth-order valence-corrected chi connectivity index (χ4v) is 2.55. The molecule has 2 aromatic carbocycles. The number of hydrogen-bond acceptors (Lipinski definition) is 6. The summed E-state index contributed by atoms with van der Waals surface area (Å²) in [6, 6.07) is 17.2. The Morgan fingerprint density at radius 1 is 1.03 bits per heavy atom. The molecule has 1 amide bonds. The SMILES string of the molecule is CC(C)(C)OC(=O)N[C@@H](Cc1ccc(OCC#N)cc1)C(=O)OCc1ccccc1. The number of nitriles is 1. The van der Waals surface area contributed by atoms with Gasteiger partial charge in [-0.25, -0.2) is 9.59 Å². The predicted octanol–water partition coefficient (Wildman–Crippen LogP) is 3.77. The molecule has 0 aliphatic carbocycles. The molecule has 1 atom stereocenters. The van der Waals surface area contributed by atoms with Crippen LogP contribution in [0.15, 0.2) is 54.6 Å². The van der Waals surface area contributed by atoms with Crippen molar-refractivity contribution in [3.8, 4) is 11.8 Å². The maximum Gasteiger partial charge on any atom is 0.408 e. The van der Waals surface area contributed by atoms with E-state index in [9.17, 15) is 9.59 Å². The zero-order valence-electron chi connectivity index (χ0n) is 17.4. The van der Waals surface area contributed by atoms with Crippen molar-refractivity contribution in [3.05, 3.63) is 65.7 Å². The van der Waals surface area contributed by atoms with E-state index in [-0.39, 0.29) is 19.6 Å². The minimum atomic E-state index is -0.922. The molecule has 158 valence electrons. The standard InChI is InChI=1S/C23H26N2O5/c1-23(2,3)30-22(27)25-20(21(26)29-16-18-7-5-4-6-8-18)15-17-9-11-19(12-10-17)28-14-13-24/h4-12,20H,14-16H2,1-3H3,(H,25,27)/t20-/m0/s1. The second kappa shape index (κ2) is 10.9. The maximum atomic E-state index is 12.7. The summed E-state index contributed by atoms with van der Waals surface area (Å²) in [6.45, 7) is 5.29. The van der Waals surface area contributed by atoms with Crippen LogP contribution in [0.4, 0.5) is 4.79 Å². The fraction of sp³-hybridized carbons (Fsp3) is 0.348. The largest absolute Gasteiger partial charge is 0.479 e. The van der Waals surface area contributed by atoms with Gasteiger partial charge in [-0.1, -0.05) is 42.5 Å². The van der Waals surface area contributed by atoms with Gasteiger partial charge in [-0.2, -0.15) is 5.26 Å². The minimum Gasteiger partial charge on any atom is -0.479 e. The van der Waals surface area contributed by atoms with E-state index in [0.29, 0.717) is 5.75 Å². The smallest absolute Gasteiger partial charge is 0.408 e. The van der Waals surface area contributed by atoms with Gasteiger partial charge < -0.3 is 19.5 Å². The number of esters is 1. The van der Waals surface area contributed by atoms with Gasteiger partial charge in [0.2, 0.25) is 0 Å². The lowest BCUT2D eigenvalue weighted by molar-refractivity contribution is -0.147. The molecule has 0 bridgehead atoms. The lowest BCUT2D eigenvalue weighted by atomic mass is 10.1. The molecule has 0 saturated carbocycles. The Kier molecular flexibility index (Phi) is 8.24. The predicted molar refractivity (Wildman–Crippen MR) is 111 cm³/mol. The van der Waals surface area contributed by atoms with E-state index >= 15 is 0 Å². The van der Waals surface area contributed by atoms with Crippen LogP contribution in [-0.2, 0) is 27.3 Å². The molecule has 30 heavy (non-hydrogen) atoms. The van der Waals surface area contributed by atoms with Gasteiger partial charge in [-0.15, -0.1) is 0 Å². The zero-order valence-corrected chi connectivity index (χ0v) is 17.4. The fourth-order valence-electron chi connectivity index (χ4n) is 2.55. The highest BCUT2D eigenvalue weighted by Gasteiger charge is 2.26. The van der Waals surface area contributed by atoms with Crippen molar-refractivity contribution in [2.75, 3.05) is 6.61 Å². The summed E-state index contributed by atoms with van der Waals surface area (Å²) < 4.78 is 15.9. The van der Waals surface area contributed by atoms with E-state index in [1.165, 1.54) is 0 Å². The summed E-state index contributed by atoms with van der Waals surface area (Å²) in [4.78, 5) is 24.9. The van der Waals surface area contributed by atoms with Crippen molar-refractivity contribution in [3.63, 3.8) is 0 Å². The quantitative estimate of drug-likeness (QED) is 0.666.